The van der Waals surface area contributed by atoms with Crippen molar-refractivity contribution in [1.82, 2.24) is 4.31 Å². The molecule has 2 aromatic rings. The average Bonchev–Trinajstić information content (AvgIpc) is 2.94. The number of thiocarbonyl (C=S) groups is 1. The summed E-state index contributed by atoms with van der Waals surface area (Å²) in [6.45, 7) is 2.95. The fourth-order valence-corrected chi connectivity index (χ4v) is 4.89. The van der Waals surface area contributed by atoms with Crippen LogP contribution in [0, 0.1) is 12.7 Å². The Morgan fingerprint density at radius 3 is 2.25 bits per heavy atom. The number of hydrogen-bond acceptors (Lipinski definition) is 3. The lowest BCUT2D eigenvalue weighted by molar-refractivity contribution is 0.424. The van der Waals surface area contributed by atoms with Crippen molar-refractivity contribution in [2.45, 2.75) is 37.5 Å². The molecule has 1 aliphatic heterocycles. The third kappa shape index (κ3) is 5.06. The van der Waals surface area contributed by atoms with E-state index in [-0.39, 0.29) is 21.5 Å². The van der Waals surface area contributed by atoms with Gasteiger partial charge in [0.1, 0.15) is 5.82 Å². The van der Waals surface area contributed by atoms with Gasteiger partial charge >= 0.3 is 0 Å². The number of halogens is 1. The number of sulfonamides is 1. The highest BCUT2D eigenvalue weighted by atomic mass is 32.2. The minimum absolute atomic E-state index is 0.228. The minimum Gasteiger partial charge on any atom is -0.332 e. The van der Waals surface area contributed by atoms with Crippen LogP contribution in [0.5, 0.6) is 0 Å². The van der Waals surface area contributed by atoms with Gasteiger partial charge in [-0.05, 0) is 73.9 Å². The smallest absolute Gasteiger partial charge is 0.243 e. The van der Waals surface area contributed by atoms with Crippen molar-refractivity contribution in [2.24, 2.45) is 0 Å². The van der Waals surface area contributed by atoms with Crippen LogP contribution in [0.2, 0.25) is 0 Å². The van der Waals surface area contributed by atoms with Gasteiger partial charge in [0.2, 0.25) is 10.0 Å². The monoisotopic (exact) mass is 421 g/mol. The first-order valence-electron chi connectivity index (χ1n) is 9.30. The van der Waals surface area contributed by atoms with E-state index < -0.39 is 10.0 Å². The van der Waals surface area contributed by atoms with Gasteiger partial charge in [0, 0.05) is 18.8 Å². The van der Waals surface area contributed by atoms with Crippen LogP contribution in [-0.4, -0.2) is 30.9 Å². The molecule has 1 aliphatic rings. The molecule has 150 valence electrons. The second-order valence-electron chi connectivity index (χ2n) is 6.91. The molecule has 0 saturated carbocycles. The summed E-state index contributed by atoms with van der Waals surface area (Å²) in [4.78, 5) is 0.267. The molecule has 28 heavy (non-hydrogen) atoms. The van der Waals surface area contributed by atoms with E-state index in [1.54, 1.807) is 40.7 Å². The summed E-state index contributed by atoms with van der Waals surface area (Å²) in [7, 11) is -3.48. The Hall–Kier alpha value is -2.03. The topological polar surface area (TPSA) is 61.4 Å². The van der Waals surface area contributed by atoms with Gasteiger partial charge in [0.15, 0.2) is 5.11 Å². The van der Waals surface area contributed by atoms with Crippen LogP contribution in [-0.2, 0) is 10.0 Å². The predicted molar refractivity (Wildman–Crippen MR) is 115 cm³/mol. The molecule has 2 N–H and O–H groups in total. The highest BCUT2D eigenvalue weighted by Crippen LogP contribution is 2.22. The first-order valence-corrected chi connectivity index (χ1v) is 11.2. The minimum atomic E-state index is -3.48. The summed E-state index contributed by atoms with van der Waals surface area (Å²) in [5.74, 6) is -0.386. The first kappa shape index (κ1) is 20.7. The zero-order valence-electron chi connectivity index (χ0n) is 15.7. The van der Waals surface area contributed by atoms with Crippen LogP contribution in [0.1, 0.15) is 31.2 Å². The summed E-state index contributed by atoms with van der Waals surface area (Å²) < 4.78 is 41.1. The molecule has 1 saturated heterocycles. The molecule has 0 aromatic heterocycles. The molecule has 0 bridgehead atoms. The van der Waals surface area contributed by atoms with E-state index in [9.17, 15) is 12.8 Å². The zero-order chi connectivity index (χ0) is 20.1. The number of hydrogen-bond donors (Lipinski definition) is 2. The molecule has 0 aliphatic carbocycles. The van der Waals surface area contributed by atoms with Crippen LogP contribution >= 0.6 is 12.2 Å². The number of nitrogens with zero attached hydrogens (tertiary/aromatic N) is 1. The largest absolute Gasteiger partial charge is 0.332 e. The lowest BCUT2D eigenvalue weighted by atomic mass is 10.2. The van der Waals surface area contributed by atoms with E-state index >= 15 is 0 Å². The average molecular weight is 422 g/mol. The zero-order valence-corrected chi connectivity index (χ0v) is 17.4. The van der Waals surface area contributed by atoms with E-state index in [1.165, 1.54) is 6.07 Å². The molecule has 0 atom stereocenters. The van der Waals surface area contributed by atoms with Gasteiger partial charge in [-0.2, -0.15) is 4.31 Å². The molecule has 8 heteroatoms. The summed E-state index contributed by atoms with van der Waals surface area (Å²) in [6, 6.07) is 11.3. The Morgan fingerprint density at radius 1 is 1.00 bits per heavy atom. The molecule has 3 rings (SSSR count). The summed E-state index contributed by atoms with van der Waals surface area (Å²) in [5.41, 5.74) is 1.73. The normalized spacial score (nSPS) is 15.6. The number of benzene rings is 2. The molecular formula is C20H24FN3O2S2. The van der Waals surface area contributed by atoms with Gasteiger partial charge in [0.25, 0.3) is 0 Å². The van der Waals surface area contributed by atoms with E-state index in [4.69, 9.17) is 12.2 Å². The highest BCUT2D eigenvalue weighted by Gasteiger charge is 2.24. The molecule has 0 spiro atoms. The molecule has 0 unspecified atom stereocenters. The third-order valence-electron chi connectivity index (χ3n) is 4.69. The van der Waals surface area contributed by atoms with Gasteiger partial charge in [-0.15, -0.1) is 0 Å². The maximum atomic E-state index is 13.9. The Kier molecular flexibility index (Phi) is 6.64. The fourth-order valence-electron chi connectivity index (χ4n) is 3.15. The van der Waals surface area contributed by atoms with Crippen LogP contribution in [0.25, 0.3) is 0 Å². The van der Waals surface area contributed by atoms with Crippen LogP contribution < -0.4 is 10.6 Å². The molecule has 1 fully saturated rings. The van der Waals surface area contributed by atoms with Gasteiger partial charge in [-0.1, -0.05) is 18.9 Å². The standard InChI is InChI=1S/C20H24FN3O2S2/c1-15-6-11-19(18(21)14-15)23-20(27)22-16-7-9-17(10-8-16)28(25,26)24-12-4-2-3-5-13-24/h6-11,14H,2-5,12-13H2,1H3,(H2,22,23,27). The van der Waals surface area contributed by atoms with Gasteiger partial charge < -0.3 is 10.6 Å². The van der Waals surface area contributed by atoms with Gasteiger partial charge in [0.05, 0.1) is 10.6 Å². The molecule has 2 aromatic carbocycles. The third-order valence-corrected chi connectivity index (χ3v) is 6.80. The van der Waals surface area contributed by atoms with Crippen molar-refractivity contribution in [2.75, 3.05) is 23.7 Å². The van der Waals surface area contributed by atoms with Crippen molar-refractivity contribution in [1.29, 1.82) is 0 Å². The number of anilines is 2. The Bertz CT molecular complexity index is 938. The lowest BCUT2D eigenvalue weighted by Gasteiger charge is -2.20. The first-order chi connectivity index (χ1) is 13.4. The summed E-state index contributed by atoms with van der Waals surface area (Å²) in [6.07, 6.45) is 3.94. The van der Waals surface area contributed by atoms with E-state index in [0.29, 0.717) is 18.8 Å². The second-order valence-corrected chi connectivity index (χ2v) is 9.25. The van der Waals surface area contributed by atoms with Gasteiger partial charge in [-0.25, -0.2) is 12.8 Å². The van der Waals surface area contributed by atoms with E-state index in [2.05, 4.69) is 10.6 Å². The van der Waals surface area contributed by atoms with E-state index in [0.717, 1.165) is 31.2 Å². The van der Waals surface area contributed by atoms with Gasteiger partial charge in [-0.3, -0.25) is 0 Å². The van der Waals surface area contributed by atoms with Crippen molar-refractivity contribution < 1.29 is 12.8 Å². The SMILES string of the molecule is Cc1ccc(NC(=S)Nc2ccc(S(=O)(=O)N3CCCCCC3)cc2)c(F)c1. The quantitative estimate of drug-likeness (QED) is 0.712. The Balaban J connectivity index is 1.66. The van der Waals surface area contributed by atoms with Crippen molar-refractivity contribution in [3.63, 3.8) is 0 Å². The second kappa shape index (κ2) is 8.98. The maximum Gasteiger partial charge on any atom is 0.243 e. The number of aryl methyl sites for hydroxylation is 1. The van der Waals surface area contributed by atoms with Crippen molar-refractivity contribution >= 4 is 38.7 Å². The molecule has 0 amide bonds. The predicted octanol–water partition coefficient (Wildman–Crippen LogP) is 4.51. The summed E-state index contributed by atoms with van der Waals surface area (Å²) in [5, 5.41) is 5.98. The fraction of sp³-hybridized carbons (Fsp3) is 0.350. The molecule has 1 heterocycles. The van der Waals surface area contributed by atoms with Crippen LogP contribution in [0.4, 0.5) is 15.8 Å². The van der Waals surface area contributed by atoms with Crippen LogP contribution in [0.3, 0.4) is 0 Å². The highest BCUT2D eigenvalue weighted by molar-refractivity contribution is 7.89. The van der Waals surface area contributed by atoms with E-state index in [1.807, 2.05) is 6.92 Å². The molecular weight excluding hydrogens is 397 g/mol. The lowest BCUT2D eigenvalue weighted by Crippen LogP contribution is -2.31. The molecule has 5 nitrogen and oxygen atoms in total. The Labute approximate surface area is 171 Å². The van der Waals surface area contributed by atoms with Crippen molar-refractivity contribution in [3.8, 4) is 0 Å². The summed E-state index contributed by atoms with van der Waals surface area (Å²) >= 11 is 5.22. The number of nitrogens with one attached hydrogen (secondary N) is 2. The maximum absolute atomic E-state index is 13.9. The van der Waals surface area contributed by atoms with Crippen molar-refractivity contribution in [3.05, 3.63) is 53.8 Å². The number of rotatable bonds is 4. The van der Waals surface area contributed by atoms with Crippen LogP contribution in [0.15, 0.2) is 47.4 Å². The molecule has 0 radical (unpaired) electrons. The Morgan fingerprint density at radius 2 is 1.64 bits per heavy atom.